The summed E-state index contributed by atoms with van der Waals surface area (Å²) in [5.41, 5.74) is 7.73. The van der Waals surface area contributed by atoms with Gasteiger partial charge < -0.3 is 15.4 Å². The first kappa shape index (κ1) is 18.1. The van der Waals surface area contributed by atoms with Gasteiger partial charge in [0.2, 0.25) is 0 Å². The van der Waals surface area contributed by atoms with E-state index in [-0.39, 0.29) is 20.9 Å². The minimum atomic E-state index is 0.0710. The number of hydrogen-bond acceptors (Lipinski definition) is 3. The second-order valence-electron chi connectivity index (χ2n) is 7.37. The predicted molar refractivity (Wildman–Crippen MR) is 119 cm³/mol. The van der Waals surface area contributed by atoms with Crippen molar-refractivity contribution in [3.63, 3.8) is 0 Å². The van der Waals surface area contributed by atoms with Crippen molar-refractivity contribution >= 4 is 37.3 Å². The molecule has 3 aromatic rings. The fourth-order valence-electron chi connectivity index (χ4n) is 3.92. The lowest BCUT2D eigenvalue weighted by atomic mass is 9.42. The van der Waals surface area contributed by atoms with Crippen LogP contribution in [-0.2, 0) is 0 Å². The Morgan fingerprint density at radius 3 is 0.963 bits per heavy atom. The first-order chi connectivity index (χ1) is 13.1. The molecule has 0 radical (unpaired) electrons. The Morgan fingerprint density at radius 2 is 0.704 bits per heavy atom. The summed E-state index contributed by atoms with van der Waals surface area (Å²) in [7, 11) is 0. The highest BCUT2D eigenvalue weighted by Gasteiger charge is 2.38. The Hall–Kier alpha value is -2.27. The van der Waals surface area contributed by atoms with Gasteiger partial charge in [0.1, 0.15) is 0 Å². The molecule has 0 saturated carbocycles. The van der Waals surface area contributed by atoms with E-state index in [4.69, 9.17) is 0 Å². The van der Waals surface area contributed by atoms with Gasteiger partial charge in [-0.15, -0.1) is 0 Å². The maximum atomic E-state index is 3.76. The van der Waals surface area contributed by atoms with E-state index in [0.29, 0.717) is 0 Å². The molecule has 0 aliphatic carbocycles. The lowest BCUT2D eigenvalue weighted by molar-refractivity contribution is 1.18. The topological polar surface area (TPSA) is 36.1 Å². The lowest BCUT2D eigenvalue weighted by Gasteiger charge is -2.35. The van der Waals surface area contributed by atoms with Crippen LogP contribution >= 0.6 is 0 Å². The van der Waals surface area contributed by atoms with E-state index >= 15 is 0 Å². The molecule has 1 aliphatic heterocycles. The van der Waals surface area contributed by atoms with Crippen LogP contribution in [0.3, 0.4) is 0 Å². The molecule has 0 spiro atoms. The number of rotatable bonds is 3. The van der Waals surface area contributed by atoms with Crippen LogP contribution in [0.15, 0.2) is 72.8 Å². The smallest absolute Gasteiger partial charge is 0.320 e. The highest BCUT2D eigenvalue weighted by molar-refractivity contribution is 6.99. The van der Waals surface area contributed by atoms with E-state index in [1.165, 1.54) is 33.1 Å². The summed E-state index contributed by atoms with van der Waals surface area (Å²) < 4.78 is 0. The van der Waals surface area contributed by atoms with Crippen LogP contribution in [0.1, 0.15) is 16.7 Å². The zero-order valence-corrected chi connectivity index (χ0v) is 16.2. The molecule has 0 amide bonds. The van der Waals surface area contributed by atoms with Crippen LogP contribution in [0.5, 0.6) is 0 Å². The molecule has 6 heteroatoms. The van der Waals surface area contributed by atoms with Crippen LogP contribution in [-0.4, -0.2) is 20.9 Å². The summed E-state index contributed by atoms with van der Waals surface area (Å²) in [4.78, 5) is 0. The van der Waals surface area contributed by atoms with Crippen LogP contribution in [0.25, 0.3) is 0 Å². The SMILES string of the molecule is Cc1ccccc1B1NB(c2ccccc2C)NB(c2ccccc2C)N1. The van der Waals surface area contributed by atoms with Gasteiger partial charge in [0.25, 0.3) is 0 Å². The summed E-state index contributed by atoms with van der Waals surface area (Å²) in [5, 5.41) is 11.3. The standard InChI is InChI=1S/C21H24B3N3/c1-16-10-4-7-13-19(16)22-25-23(20-14-8-5-11-17(20)2)27-24(26-22)21-15-9-6-12-18(21)3/h4-15,25-27H,1-3H3. The predicted octanol–water partition coefficient (Wildman–Crippen LogP) is 0.880. The average molecular weight is 351 g/mol. The van der Waals surface area contributed by atoms with Crippen LogP contribution in [0.2, 0.25) is 0 Å². The molecule has 4 rings (SSSR count). The molecular weight excluding hydrogens is 327 g/mol. The minimum absolute atomic E-state index is 0.0710. The summed E-state index contributed by atoms with van der Waals surface area (Å²) >= 11 is 0. The number of benzene rings is 3. The van der Waals surface area contributed by atoms with Gasteiger partial charge in [-0.2, -0.15) is 0 Å². The van der Waals surface area contributed by atoms with Gasteiger partial charge in [0.15, 0.2) is 0 Å². The molecular formula is C21H24B3N3. The maximum Gasteiger partial charge on any atom is 0.320 e. The molecule has 1 aliphatic rings. The van der Waals surface area contributed by atoms with Gasteiger partial charge in [0.05, 0.1) is 0 Å². The van der Waals surface area contributed by atoms with Crippen molar-refractivity contribution in [2.45, 2.75) is 20.8 Å². The Balaban J connectivity index is 1.74. The molecule has 3 nitrogen and oxygen atoms in total. The van der Waals surface area contributed by atoms with E-state index in [1.807, 2.05) is 0 Å². The summed E-state index contributed by atoms with van der Waals surface area (Å²) in [6.45, 7) is 6.73. The first-order valence-corrected chi connectivity index (χ1v) is 9.58. The van der Waals surface area contributed by atoms with Crippen molar-refractivity contribution in [3.8, 4) is 0 Å². The fraction of sp³-hybridized carbons (Fsp3) is 0.143. The fourth-order valence-corrected chi connectivity index (χ4v) is 3.92. The molecule has 0 unspecified atom stereocenters. The van der Waals surface area contributed by atoms with E-state index in [1.54, 1.807) is 0 Å². The molecule has 1 heterocycles. The molecule has 3 N–H and O–H groups in total. The second kappa shape index (κ2) is 7.77. The number of aryl methyl sites for hydroxylation is 3. The zero-order valence-electron chi connectivity index (χ0n) is 16.2. The summed E-state index contributed by atoms with van der Waals surface area (Å²) in [6.07, 6.45) is 0. The monoisotopic (exact) mass is 351 g/mol. The molecule has 1 fully saturated rings. The Labute approximate surface area is 163 Å². The van der Waals surface area contributed by atoms with Crippen molar-refractivity contribution in [1.82, 2.24) is 15.4 Å². The van der Waals surface area contributed by atoms with E-state index < -0.39 is 0 Å². The summed E-state index contributed by atoms with van der Waals surface area (Å²) in [6, 6.07) is 25.7. The molecule has 27 heavy (non-hydrogen) atoms. The van der Waals surface area contributed by atoms with Crippen molar-refractivity contribution < 1.29 is 0 Å². The zero-order chi connectivity index (χ0) is 18.8. The maximum absolute atomic E-state index is 3.76. The van der Waals surface area contributed by atoms with Gasteiger partial charge >= 0.3 is 20.9 Å². The normalized spacial score (nSPS) is 14.6. The third-order valence-electron chi connectivity index (χ3n) is 5.50. The van der Waals surface area contributed by atoms with Gasteiger partial charge in [-0.25, -0.2) is 0 Å². The van der Waals surface area contributed by atoms with Gasteiger partial charge in [-0.3, -0.25) is 0 Å². The van der Waals surface area contributed by atoms with Gasteiger partial charge in [-0.1, -0.05) is 89.5 Å². The minimum Gasteiger partial charge on any atom is -0.363 e. The van der Waals surface area contributed by atoms with Crippen molar-refractivity contribution in [2.24, 2.45) is 0 Å². The molecule has 0 atom stereocenters. The lowest BCUT2D eigenvalue weighted by Crippen LogP contribution is -2.83. The second-order valence-corrected chi connectivity index (χ2v) is 7.37. The van der Waals surface area contributed by atoms with Crippen LogP contribution in [0, 0.1) is 20.8 Å². The molecule has 132 valence electrons. The molecule has 1 saturated heterocycles. The Kier molecular flexibility index (Phi) is 5.21. The average Bonchev–Trinajstić information content (AvgIpc) is 2.69. The highest BCUT2D eigenvalue weighted by atomic mass is 15.1. The first-order valence-electron chi connectivity index (χ1n) is 9.58. The number of nitrogens with one attached hydrogen (secondary N) is 3. The van der Waals surface area contributed by atoms with E-state index in [0.717, 1.165) is 0 Å². The largest absolute Gasteiger partial charge is 0.363 e. The van der Waals surface area contributed by atoms with Crippen molar-refractivity contribution in [1.29, 1.82) is 0 Å². The molecule has 3 aromatic carbocycles. The van der Waals surface area contributed by atoms with Crippen LogP contribution in [0.4, 0.5) is 0 Å². The van der Waals surface area contributed by atoms with Gasteiger partial charge in [0, 0.05) is 0 Å². The van der Waals surface area contributed by atoms with E-state index in [9.17, 15) is 0 Å². The quantitative estimate of drug-likeness (QED) is 0.614. The van der Waals surface area contributed by atoms with Crippen molar-refractivity contribution in [3.05, 3.63) is 89.5 Å². The Morgan fingerprint density at radius 1 is 0.444 bits per heavy atom. The third kappa shape index (κ3) is 3.74. The van der Waals surface area contributed by atoms with Crippen LogP contribution < -0.4 is 31.8 Å². The highest BCUT2D eigenvalue weighted by Crippen LogP contribution is 2.02. The van der Waals surface area contributed by atoms with Crippen molar-refractivity contribution in [2.75, 3.05) is 0 Å². The van der Waals surface area contributed by atoms with E-state index in [2.05, 4.69) is 109 Å². The summed E-state index contributed by atoms with van der Waals surface area (Å²) in [5.74, 6) is 0. The molecule has 0 aromatic heterocycles. The Bertz CT molecular complexity index is 819. The van der Waals surface area contributed by atoms with Gasteiger partial charge in [-0.05, 0) is 37.2 Å². The number of hydrogen-bond donors (Lipinski definition) is 3. The molecule has 0 bridgehead atoms. The third-order valence-corrected chi connectivity index (χ3v) is 5.50.